The molecule has 0 atom stereocenters. The number of hydrogen-bond acceptors (Lipinski definition) is 4. The molecule has 1 heterocycles. The van der Waals surface area contributed by atoms with Gasteiger partial charge in [0.05, 0.1) is 25.5 Å². The second-order valence-corrected chi connectivity index (χ2v) is 7.07. The van der Waals surface area contributed by atoms with Gasteiger partial charge >= 0.3 is 6.18 Å². The first-order chi connectivity index (χ1) is 14.7. The van der Waals surface area contributed by atoms with Gasteiger partial charge in [-0.25, -0.2) is 0 Å². The summed E-state index contributed by atoms with van der Waals surface area (Å²) >= 11 is 0. The van der Waals surface area contributed by atoms with E-state index >= 15 is 0 Å². The molecule has 0 spiro atoms. The zero-order valence-electron chi connectivity index (χ0n) is 18.3. The largest absolute Gasteiger partial charge is 0.411 e. The zero-order chi connectivity index (χ0) is 22.9. The van der Waals surface area contributed by atoms with Crippen molar-refractivity contribution in [3.8, 4) is 0 Å². The van der Waals surface area contributed by atoms with Crippen LogP contribution < -0.4 is 10.6 Å². The Morgan fingerprint density at radius 2 is 1.74 bits per heavy atom. The number of halogens is 3. The number of aromatic nitrogens is 2. The van der Waals surface area contributed by atoms with Gasteiger partial charge in [0, 0.05) is 38.5 Å². The third-order valence-corrected chi connectivity index (χ3v) is 4.71. The van der Waals surface area contributed by atoms with Gasteiger partial charge in [-0.2, -0.15) is 18.3 Å². The maximum Gasteiger partial charge on any atom is 0.411 e. The Morgan fingerprint density at radius 1 is 1.10 bits per heavy atom. The second kappa shape index (κ2) is 11.7. The lowest BCUT2D eigenvalue weighted by molar-refractivity contribution is -0.176. The number of benzene rings is 1. The van der Waals surface area contributed by atoms with E-state index in [-0.39, 0.29) is 6.61 Å². The molecule has 0 unspecified atom stereocenters. The number of nitrogens with zero attached hydrogens (tertiary/aromatic N) is 3. The maximum absolute atomic E-state index is 12.1. The first-order valence-electron chi connectivity index (χ1n) is 9.92. The zero-order valence-corrected chi connectivity index (χ0v) is 18.3. The molecule has 172 valence electrons. The van der Waals surface area contributed by atoms with Crippen molar-refractivity contribution in [2.24, 2.45) is 4.99 Å². The summed E-state index contributed by atoms with van der Waals surface area (Å²) < 4.78 is 48.1. The van der Waals surface area contributed by atoms with Crippen molar-refractivity contribution in [2.75, 3.05) is 27.4 Å². The summed E-state index contributed by atoms with van der Waals surface area (Å²) in [5.74, 6) is 0.640. The third kappa shape index (κ3) is 8.22. The minimum Gasteiger partial charge on any atom is -0.383 e. The smallest absolute Gasteiger partial charge is 0.383 e. The minimum absolute atomic E-state index is 0.0762. The van der Waals surface area contributed by atoms with E-state index < -0.39 is 12.8 Å². The van der Waals surface area contributed by atoms with Crippen molar-refractivity contribution in [3.05, 3.63) is 52.3 Å². The van der Waals surface area contributed by atoms with Crippen molar-refractivity contribution < 1.29 is 22.6 Å². The fourth-order valence-electron chi connectivity index (χ4n) is 3.00. The maximum atomic E-state index is 12.1. The quantitative estimate of drug-likeness (QED) is 0.438. The van der Waals surface area contributed by atoms with Crippen LogP contribution in [0.25, 0.3) is 0 Å². The average molecular weight is 441 g/mol. The Hall–Kier alpha value is -2.59. The SMILES string of the molecule is CN=C(NCc1ccc(COCC(F)(F)F)cc1)NCc1c(C)nn(CCOC)c1C. The predicted molar refractivity (Wildman–Crippen MR) is 113 cm³/mol. The molecule has 2 aromatic rings. The first-order valence-corrected chi connectivity index (χ1v) is 9.92. The molecule has 0 aliphatic heterocycles. The molecule has 1 aromatic carbocycles. The fraction of sp³-hybridized carbons (Fsp3) is 0.524. The van der Waals surface area contributed by atoms with Gasteiger partial charge < -0.3 is 20.1 Å². The highest BCUT2D eigenvalue weighted by atomic mass is 19.4. The van der Waals surface area contributed by atoms with E-state index in [1.54, 1.807) is 26.3 Å². The van der Waals surface area contributed by atoms with Crippen LogP contribution in [0.15, 0.2) is 29.3 Å². The van der Waals surface area contributed by atoms with Gasteiger partial charge in [0.1, 0.15) is 6.61 Å². The molecule has 0 aliphatic carbocycles. The fourth-order valence-corrected chi connectivity index (χ4v) is 3.00. The van der Waals surface area contributed by atoms with Crippen LogP contribution in [-0.2, 0) is 35.7 Å². The van der Waals surface area contributed by atoms with E-state index in [0.29, 0.717) is 37.8 Å². The molecule has 7 nitrogen and oxygen atoms in total. The number of aryl methyl sites for hydroxylation is 1. The van der Waals surface area contributed by atoms with E-state index in [1.165, 1.54) is 0 Å². The predicted octanol–water partition coefficient (Wildman–Crippen LogP) is 3.09. The molecule has 0 saturated heterocycles. The van der Waals surface area contributed by atoms with E-state index in [0.717, 1.165) is 22.5 Å². The number of hydrogen-bond donors (Lipinski definition) is 2. The minimum atomic E-state index is -4.31. The molecule has 0 aliphatic rings. The number of alkyl halides is 3. The number of rotatable bonds is 10. The van der Waals surface area contributed by atoms with Crippen molar-refractivity contribution in [3.63, 3.8) is 0 Å². The summed E-state index contributed by atoms with van der Waals surface area (Å²) in [5, 5.41) is 11.1. The summed E-state index contributed by atoms with van der Waals surface area (Å²) in [6.07, 6.45) is -4.31. The number of nitrogens with one attached hydrogen (secondary N) is 2. The Morgan fingerprint density at radius 3 is 2.35 bits per heavy atom. The summed E-state index contributed by atoms with van der Waals surface area (Å²) in [4.78, 5) is 4.24. The summed E-state index contributed by atoms with van der Waals surface area (Å²) in [7, 11) is 3.36. The van der Waals surface area contributed by atoms with Gasteiger partial charge in [0.15, 0.2) is 5.96 Å². The number of ether oxygens (including phenoxy) is 2. The summed E-state index contributed by atoms with van der Waals surface area (Å²) in [6, 6.07) is 7.21. The van der Waals surface area contributed by atoms with Gasteiger partial charge in [0.25, 0.3) is 0 Å². The van der Waals surface area contributed by atoms with Gasteiger partial charge in [-0.05, 0) is 25.0 Å². The Kier molecular flexibility index (Phi) is 9.32. The lowest BCUT2D eigenvalue weighted by Crippen LogP contribution is -2.36. The van der Waals surface area contributed by atoms with Crippen molar-refractivity contribution in [1.82, 2.24) is 20.4 Å². The molecule has 0 bridgehead atoms. The molecular formula is C21H30F3N5O2. The molecule has 0 amide bonds. The van der Waals surface area contributed by atoms with E-state index in [9.17, 15) is 13.2 Å². The topological polar surface area (TPSA) is 72.7 Å². The Bertz CT molecular complexity index is 848. The van der Waals surface area contributed by atoms with Crippen LogP contribution in [0.4, 0.5) is 13.2 Å². The first kappa shape index (κ1) is 24.7. The number of guanidine groups is 1. The lowest BCUT2D eigenvalue weighted by Gasteiger charge is -2.13. The van der Waals surface area contributed by atoms with E-state index in [1.807, 2.05) is 30.7 Å². The number of aliphatic imine (C=N–C) groups is 1. The highest BCUT2D eigenvalue weighted by Gasteiger charge is 2.27. The molecule has 2 N–H and O–H groups in total. The molecule has 0 fully saturated rings. The Labute approximate surface area is 180 Å². The van der Waals surface area contributed by atoms with Crippen LogP contribution in [0, 0.1) is 13.8 Å². The van der Waals surface area contributed by atoms with Crippen LogP contribution in [-0.4, -0.2) is 49.3 Å². The molecule has 2 rings (SSSR count). The summed E-state index contributed by atoms with van der Waals surface area (Å²) in [6.45, 7) is 5.09. The van der Waals surface area contributed by atoms with Crippen molar-refractivity contribution in [1.29, 1.82) is 0 Å². The van der Waals surface area contributed by atoms with Crippen LogP contribution in [0.3, 0.4) is 0 Å². The van der Waals surface area contributed by atoms with E-state index in [2.05, 4.69) is 25.5 Å². The highest BCUT2D eigenvalue weighted by molar-refractivity contribution is 5.79. The van der Waals surface area contributed by atoms with Gasteiger partial charge in [-0.1, -0.05) is 24.3 Å². The molecule has 0 radical (unpaired) electrons. The van der Waals surface area contributed by atoms with Gasteiger partial charge in [-0.15, -0.1) is 0 Å². The number of methoxy groups -OCH3 is 1. The standard InChI is InChI=1S/C21H30F3N5O2/c1-15-19(16(2)29(28-15)9-10-30-4)12-27-20(25-3)26-11-17-5-7-18(8-6-17)13-31-14-21(22,23)24/h5-8H,9-14H2,1-4H3,(H2,25,26,27). The average Bonchev–Trinajstić information content (AvgIpc) is 2.99. The van der Waals surface area contributed by atoms with Gasteiger partial charge in [-0.3, -0.25) is 9.67 Å². The van der Waals surface area contributed by atoms with Crippen LogP contribution in [0.1, 0.15) is 28.1 Å². The lowest BCUT2D eigenvalue weighted by atomic mass is 10.1. The molecule has 10 heteroatoms. The molecular weight excluding hydrogens is 411 g/mol. The normalized spacial score (nSPS) is 12.3. The highest BCUT2D eigenvalue weighted by Crippen LogP contribution is 2.16. The van der Waals surface area contributed by atoms with Gasteiger partial charge in [0.2, 0.25) is 0 Å². The van der Waals surface area contributed by atoms with Crippen LogP contribution in [0.5, 0.6) is 0 Å². The third-order valence-electron chi connectivity index (χ3n) is 4.71. The van der Waals surface area contributed by atoms with Crippen LogP contribution in [0.2, 0.25) is 0 Å². The monoisotopic (exact) mass is 441 g/mol. The second-order valence-electron chi connectivity index (χ2n) is 7.07. The van der Waals surface area contributed by atoms with Crippen molar-refractivity contribution >= 4 is 5.96 Å². The van der Waals surface area contributed by atoms with Crippen molar-refractivity contribution in [2.45, 2.75) is 46.3 Å². The molecule has 0 saturated carbocycles. The van der Waals surface area contributed by atoms with Crippen LogP contribution >= 0.6 is 0 Å². The Balaban J connectivity index is 1.83. The molecule has 1 aromatic heterocycles. The molecule has 31 heavy (non-hydrogen) atoms. The van der Waals surface area contributed by atoms with E-state index in [4.69, 9.17) is 4.74 Å². The summed E-state index contributed by atoms with van der Waals surface area (Å²) in [5.41, 5.74) is 4.82.